The van der Waals surface area contributed by atoms with Crippen molar-refractivity contribution < 1.29 is 13.9 Å². The second-order valence-electron chi connectivity index (χ2n) is 9.10. The number of piperidine rings is 1. The van der Waals surface area contributed by atoms with Crippen LogP contribution < -0.4 is 10.1 Å². The minimum absolute atomic E-state index is 0.0120. The van der Waals surface area contributed by atoms with Crippen LogP contribution >= 0.6 is 0 Å². The number of carbonyl (C=O) groups is 1. The highest BCUT2D eigenvalue weighted by molar-refractivity contribution is 5.83. The fourth-order valence-electron chi connectivity index (χ4n) is 4.67. The summed E-state index contributed by atoms with van der Waals surface area (Å²) in [5.41, 5.74) is 1.40. The highest BCUT2D eigenvalue weighted by Crippen LogP contribution is 2.24. The Bertz CT molecular complexity index is 1290. The fraction of sp³-hybridized carbons (Fsp3) is 0.276. The van der Waals surface area contributed by atoms with E-state index in [1.807, 2.05) is 18.2 Å². The molecule has 36 heavy (non-hydrogen) atoms. The fourth-order valence-corrected chi connectivity index (χ4v) is 4.67. The Morgan fingerprint density at radius 1 is 1.03 bits per heavy atom. The lowest BCUT2D eigenvalue weighted by molar-refractivity contribution is -0.127. The van der Waals surface area contributed by atoms with Crippen LogP contribution in [0.5, 0.6) is 5.75 Å². The van der Waals surface area contributed by atoms with E-state index in [2.05, 4.69) is 44.5 Å². The van der Waals surface area contributed by atoms with Gasteiger partial charge >= 0.3 is 0 Å². The number of ether oxygens (including phenoxy) is 1. The topological polar surface area (TPSA) is 67.4 Å². The molecule has 1 amide bonds. The standard InChI is InChI=1S/C29H29FN4O2/c30-25-8-5-22(6-9-25)28(27-20-31-13-14-32-27)33-29(35)23-11-15-34(16-12-23)17-18-36-26-10-7-21-3-1-2-4-24(21)19-26/h1-10,13-14,19-20,23,28H,11-12,15-18H2,(H,33,35). The summed E-state index contributed by atoms with van der Waals surface area (Å²) in [6.07, 6.45) is 6.37. The van der Waals surface area contributed by atoms with E-state index in [1.54, 1.807) is 30.7 Å². The molecule has 5 rings (SSSR count). The van der Waals surface area contributed by atoms with Crippen molar-refractivity contribution in [2.45, 2.75) is 18.9 Å². The van der Waals surface area contributed by atoms with E-state index in [1.165, 1.54) is 22.9 Å². The first-order valence-corrected chi connectivity index (χ1v) is 12.3. The molecule has 184 valence electrons. The Kier molecular flexibility index (Phi) is 7.47. The summed E-state index contributed by atoms with van der Waals surface area (Å²) in [6.45, 7) is 3.10. The maximum absolute atomic E-state index is 13.5. The normalized spacial score (nSPS) is 15.5. The summed E-state index contributed by atoms with van der Waals surface area (Å²) in [5, 5.41) is 5.49. The number of amides is 1. The molecule has 0 spiro atoms. The number of nitrogens with zero attached hydrogens (tertiary/aromatic N) is 3. The molecule has 6 nitrogen and oxygen atoms in total. The molecule has 0 bridgehead atoms. The molecule has 1 N–H and O–H groups in total. The van der Waals surface area contributed by atoms with Crippen molar-refractivity contribution in [1.82, 2.24) is 20.2 Å². The van der Waals surface area contributed by atoms with Crippen LogP contribution in [0.1, 0.15) is 30.1 Å². The highest BCUT2D eigenvalue weighted by Gasteiger charge is 2.28. The van der Waals surface area contributed by atoms with Gasteiger partial charge in [-0.2, -0.15) is 0 Å². The summed E-state index contributed by atoms with van der Waals surface area (Å²) >= 11 is 0. The number of fused-ring (bicyclic) bond motifs is 1. The second-order valence-corrected chi connectivity index (χ2v) is 9.10. The van der Waals surface area contributed by atoms with Gasteiger partial charge in [-0.25, -0.2) is 4.39 Å². The van der Waals surface area contributed by atoms with Gasteiger partial charge in [0, 0.05) is 24.9 Å². The van der Waals surface area contributed by atoms with Gasteiger partial charge in [-0.05, 0) is 66.5 Å². The van der Waals surface area contributed by atoms with E-state index < -0.39 is 6.04 Å². The lowest BCUT2D eigenvalue weighted by Crippen LogP contribution is -2.43. The number of rotatable bonds is 8. The molecule has 3 aromatic carbocycles. The molecule has 2 heterocycles. The van der Waals surface area contributed by atoms with Crippen LogP contribution in [0.3, 0.4) is 0 Å². The number of nitrogens with one attached hydrogen (secondary N) is 1. The summed E-state index contributed by atoms with van der Waals surface area (Å²) < 4.78 is 19.5. The van der Waals surface area contributed by atoms with E-state index in [-0.39, 0.29) is 17.6 Å². The summed E-state index contributed by atoms with van der Waals surface area (Å²) in [4.78, 5) is 24.0. The number of carbonyl (C=O) groups excluding carboxylic acids is 1. The Morgan fingerprint density at radius 2 is 1.81 bits per heavy atom. The van der Waals surface area contributed by atoms with Crippen LogP contribution in [0.2, 0.25) is 0 Å². The minimum atomic E-state index is -0.472. The largest absolute Gasteiger partial charge is 0.492 e. The Balaban J connectivity index is 1.13. The van der Waals surface area contributed by atoms with E-state index >= 15 is 0 Å². The predicted molar refractivity (Wildman–Crippen MR) is 137 cm³/mol. The quantitative estimate of drug-likeness (QED) is 0.390. The van der Waals surface area contributed by atoms with Gasteiger partial charge in [0.05, 0.1) is 17.9 Å². The zero-order valence-corrected chi connectivity index (χ0v) is 20.0. The van der Waals surface area contributed by atoms with Crippen molar-refractivity contribution >= 4 is 16.7 Å². The first-order valence-electron chi connectivity index (χ1n) is 12.3. The highest BCUT2D eigenvalue weighted by atomic mass is 19.1. The van der Waals surface area contributed by atoms with Crippen molar-refractivity contribution in [3.8, 4) is 5.75 Å². The number of likely N-dealkylation sites (tertiary alicyclic amines) is 1. The van der Waals surface area contributed by atoms with Crippen LogP contribution in [0, 0.1) is 11.7 Å². The molecule has 1 aliphatic heterocycles. The maximum Gasteiger partial charge on any atom is 0.224 e. The Labute approximate surface area is 210 Å². The third-order valence-corrected chi connectivity index (χ3v) is 6.72. The second kappa shape index (κ2) is 11.3. The van der Waals surface area contributed by atoms with E-state index in [0.29, 0.717) is 12.3 Å². The molecular weight excluding hydrogens is 455 g/mol. The Morgan fingerprint density at radius 3 is 2.56 bits per heavy atom. The van der Waals surface area contributed by atoms with Gasteiger partial charge in [0.1, 0.15) is 18.2 Å². The van der Waals surface area contributed by atoms with Gasteiger partial charge in [0.2, 0.25) is 5.91 Å². The van der Waals surface area contributed by atoms with Crippen LogP contribution in [0.4, 0.5) is 4.39 Å². The van der Waals surface area contributed by atoms with E-state index in [0.717, 1.165) is 43.8 Å². The first-order chi connectivity index (χ1) is 17.7. The number of benzene rings is 3. The van der Waals surface area contributed by atoms with Gasteiger partial charge < -0.3 is 10.1 Å². The monoisotopic (exact) mass is 484 g/mol. The number of halogens is 1. The molecule has 0 saturated carbocycles. The third kappa shape index (κ3) is 5.86. The van der Waals surface area contributed by atoms with E-state index in [9.17, 15) is 9.18 Å². The van der Waals surface area contributed by atoms with Crippen molar-refractivity contribution in [1.29, 1.82) is 0 Å². The molecular formula is C29H29FN4O2. The van der Waals surface area contributed by atoms with Crippen LogP contribution in [0.15, 0.2) is 85.3 Å². The molecule has 1 atom stereocenters. The van der Waals surface area contributed by atoms with Crippen molar-refractivity contribution in [3.63, 3.8) is 0 Å². The number of aromatic nitrogens is 2. The molecule has 0 aliphatic carbocycles. The smallest absolute Gasteiger partial charge is 0.224 e. The average molecular weight is 485 g/mol. The molecule has 1 aromatic heterocycles. The van der Waals surface area contributed by atoms with Gasteiger partial charge in [-0.15, -0.1) is 0 Å². The van der Waals surface area contributed by atoms with E-state index in [4.69, 9.17) is 4.74 Å². The summed E-state index contributed by atoms with van der Waals surface area (Å²) in [7, 11) is 0. The lowest BCUT2D eigenvalue weighted by atomic mass is 9.94. The maximum atomic E-state index is 13.5. The number of hydrogen-bond donors (Lipinski definition) is 1. The summed E-state index contributed by atoms with van der Waals surface area (Å²) in [5.74, 6) is 0.461. The Hall–Kier alpha value is -3.84. The van der Waals surface area contributed by atoms with Crippen LogP contribution in [-0.4, -0.2) is 47.0 Å². The zero-order valence-electron chi connectivity index (χ0n) is 20.0. The molecule has 1 saturated heterocycles. The minimum Gasteiger partial charge on any atom is -0.492 e. The SMILES string of the molecule is O=C(NC(c1ccc(F)cc1)c1cnccn1)C1CCN(CCOc2ccc3ccccc3c2)CC1. The molecule has 7 heteroatoms. The average Bonchev–Trinajstić information content (AvgIpc) is 2.93. The van der Waals surface area contributed by atoms with Gasteiger partial charge in [-0.3, -0.25) is 19.7 Å². The van der Waals surface area contributed by atoms with Crippen molar-refractivity contribution in [3.05, 3.63) is 102 Å². The predicted octanol–water partition coefficient (Wildman–Crippen LogP) is 4.77. The summed E-state index contributed by atoms with van der Waals surface area (Å²) in [6, 6.07) is 20.1. The molecule has 0 radical (unpaired) electrons. The van der Waals surface area contributed by atoms with Gasteiger partial charge in [0.15, 0.2) is 0 Å². The molecule has 1 unspecified atom stereocenters. The number of hydrogen-bond acceptors (Lipinski definition) is 5. The molecule has 1 fully saturated rings. The van der Waals surface area contributed by atoms with Crippen LogP contribution in [-0.2, 0) is 4.79 Å². The van der Waals surface area contributed by atoms with Crippen molar-refractivity contribution in [2.24, 2.45) is 5.92 Å². The first kappa shape index (κ1) is 23.9. The third-order valence-electron chi connectivity index (χ3n) is 6.72. The lowest BCUT2D eigenvalue weighted by Gasteiger charge is -2.32. The van der Waals surface area contributed by atoms with Gasteiger partial charge in [-0.1, -0.05) is 42.5 Å². The zero-order chi connectivity index (χ0) is 24.7. The van der Waals surface area contributed by atoms with Crippen molar-refractivity contribution in [2.75, 3.05) is 26.2 Å². The van der Waals surface area contributed by atoms with Gasteiger partial charge in [0.25, 0.3) is 0 Å². The van der Waals surface area contributed by atoms with Crippen LogP contribution in [0.25, 0.3) is 10.8 Å². The molecule has 4 aromatic rings. The molecule has 1 aliphatic rings.